The van der Waals surface area contributed by atoms with E-state index in [0.29, 0.717) is 38.1 Å². The Morgan fingerprint density at radius 2 is 1.93 bits per heavy atom. The molecule has 0 bridgehead atoms. The zero-order valence-electron chi connectivity index (χ0n) is 16.1. The molecule has 3 aromatic rings. The van der Waals surface area contributed by atoms with E-state index in [-0.39, 0.29) is 18.1 Å². The summed E-state index contributed by atoms with van der Waals surface area (Å²) in [7, 11) is 3.43. The maximum absolute atomic E-state index is 12.4. The van der Waals surface area contributed by atoms with Crippen LogP contribution in [0.3, 0.4) is 0 Å². The third-order valence-electron chi connectivity index (χ3n) is 4.16. The zero-order valence-corrected chi connectivity index (χ0v) is 18.4. The number of aryl methyl sites for hydroxylation is 1. The van der Waals surface area contributed by atoms with Crippen LogP contribution in [-0.4, -0.2) is 33.4 Å². The van der Waals surface area contributed by atoms with Gasteiger partial charge in [-0.05, 0) is 42.8 Å². The normalized spacial score (nSPS) is 10.8. The van der Waals surface area contributed by atoms with Crippen molar-refractivity contribution in [1.82, 2.24) is 14.8 Å². The summed E-state index contributed by atoms with van der Waals surface area (Å²) in [5.41, 5.74) is 1.51. The SMILES string of the molecule is COc1cc(C)ccc1OCc1nnc(SCC(=O)c2ccc(Cl)cc2Cl)n1C. The van der Waals surface area contributed by atoms with E-state index in [1.165, 1.54) is 11.8 Å². The van der Waals surface area contributed by atoms with Gasteiger partial charge in [0.2, 0.25) is 0 Å². The Kier molecular flexibility index (Phi) is 7.05. The van der Waals surface area contributed by atoms with Gasteiger partial charge >= 0.3 is 0 Å². The lowest BCUT2D eigenvalue weighted by atomic mass is 10.1. The van der Waals surface area contributed by atoms with Crippen molar-refractivity contribution in [3.8, 4) is 11.5 Å². The lowest BCUT2D eigenvalue weighted by Crippen LogP contribution is -2.07. The van der Waals surface area contributed by atoms with Crippen LogP contribution < -0.4 is 9.47 Å². The van der Waals surface area contributed by atoms with Gasteiger partial charge in [-0.25, -0.2) is 0 Å². The number of benzene rings is 2. The topological polar surface area (TPSA) is 66.2 Å². The standard InChI is InChI=1S/C20H19Cl2N3O3S/c1-12-4-7-17(18(8-12)27-3)28-10-19-23-24-20(25(19)2)29-11-16(26)14-6-5-13(21)9-15(14)22/h4-9H,10-11H2,1-3H3. The summed E-state index contributed by atoms with van der Waals surface area (Å²) in [6.07, 6.45) is 0. The fraction of sp³-hybridized carbons (Fsp3) is 0.250. The summed E-state index contributed by atoms with van der Waals surface area (Å²) in [6, 6.07) is 10.5. The minimum absolute atomic E-state index is 0.109. The highest BCUT2D eigenvalue weighted by Crippen LogP contribution is 2.29. The molecule has 0 aliphatic heterocycles. The molecule has 29 heavy (non-hydrogen) atoms. The van der Waals surface area contributed by atoms with Gasteiger partial charge in [-0.2, -0.15) is 0 Å². The van der Waals surface area contributed by atoms with Crippen LogP contribution in [0.5, 0.6) is 11.5 Å². The first-order valence-corrected chi connectivity index (χ1v) is 10.4. The van der Waals surface area contributed by atoms with Crippen molar-refractivity contribution in [2.45, 2.75) is 18.7 Å². The molecule has 0 amide bonds. The highest BCUT2D eigenvalue weighted by atomic mass is 35.5. The van der Waals surface area contributed by atoms with E-state index >= 15 is 0 Å². The van der Waals surface area contributed by atoms with E-state index in [1.54, 1.807) is 29.9 Å². The Hall–Kier alpha value is -2.22. The molecule has 1 aromatic heterocycles. The first-order chi connectivity index (χ1) is 13.9. The third kappa shape index (κ3) is 5.23. The lowest BCUT2D eigenvalue weighted by molar-refractivity contribution is 0.102. The van der Waals surface area contributed by atoms with Crippen molar-refractivity contribution in [3.63, 3.8) is 0 Å². The Morgan fingerprint density at radius 3 is 2.66 bits per heavy atom. The fourth-order valence-corrected chi connectivity index (χ4v) is 3.88. The van der Waals surface area contributed by atoms with Crippen molar-refractivity contribution in [2.24, 2.45) is 7.05 Å². The lowest BCUT2D eigenvalue weighted by Gasteiger charge is -2.11. The number of carbonyl (C=O) groups excluding carboxylic acids is 1. The molecule has 0 unspecified atom stereocenters. The van der Waals surface area contributed by atoms with Crippen molar-refractivity contribution < 1.29 is 14.3 Å². The summed E-state index contributed by atoms with van der Waals surface area (Å²) < 4.78 is 13.0. The van der Waals surface area contributed by atoms with Gasteiger partial charge in [0.25, 0.3) is 0 Å². The molecule has 0 aliphatic rings. The Labute approximate surface area is 183 Å². The van der Waals surface area contributed by atoms with E-state index in [4.69, 9.17) is 32.7 Å². The molecule has 2 aromatic carbocycles. The zero-order chi connectivity index (χ0) is 21.0. The smallest absolute Gasteiger partial charge is 0.191 e. The largest absolute Gasteiger partial charge is 0.493 e. The van der Waals surface area contributed by atoms with E-state index in [0.717, 1.165) is 5.56 Å². The van der Waals surface area contributed by atoms with Crippen molar-refractivity contribution in [2.75, 3.05) is 12.9 Å². The van der Waals surface area contributed by atoms with Crippen LogP contribution in [0.4, 0.5) is 0 Å². The number of rotatable bonds is 8. The molecule has 6 nitrogen and oxygen atoms in total. The Morgan fingerprint density at radius 1 is 1.14 bits per heavy atom. The molecule has 152 valence electrons. The van der Waals surface area contributed by atoms with Gasteiger partial charge in [0.1, 0.15) is 6.61 Å². The van der Waals surface area contributed by atoms with Crippen molar-refractivity contribution in [3.05, 3.63) is 63.4 Å². The van der Waals surface area contributed by atoms with E-state index < -0.39 is 0 Å². The summed E-state index contributed by atoms with van der Waals surface area (Å²) >= 11 is 13.3. The first kappa shape index (κ1) is 21.5. The van der Waals surface area contributed by atoms with Gasteiger partial charge in [0.05, 0.1) is 17.9 Å². The number of ether oxygens (including phenoxy) is 2. The first-order valence-electron chi connectivity index (χ1n) is 8.65. The van der Waals surface area contributed by atoms with Gasteiger partial charge in [-0.3, -0.25) is 4.79 Å². The average molecular weight is 452 g/mol. The van der Waals surface area contributed by atoms with Crippen LogP contribution >= 0.6 is 35.0 Å². The summed E-state index contributed by atoms with van der Waals surface area (Å²) in [4.78, 5) is 12.4. The maximum Gasteiger partial charge on any atom is 0.191 e. The number of carbonyl (C=O) groups is 1. The quantitative estimate of drug-likeness (QED) is 0.354. The number of thioether (sulfide) groups is 1. The molecule has 0 saturated carbocycles. The number of ketones is 1. The Balaban J connectivity index is 1.63. The molecule has 0 aliphatic carbocycles. The second kappa shape index (κ2) is 9.52. The number of halogens is 2. The van der Waals surface area contributed by atoms with Crippen LogP contribution in [0.2, 0.25) is 10.0 Å². The van der Waals surface area contributed by atoms with E-state index in [2.05, 4.69) is 10.2 Å². The van der Waals surface area contributed by atoms with Gasteiger partial charge in [-0.15, -0.1) is 10.2 Å². The Bertz CT molecular complexity index is 1040. The van der Waals surface area contributed by atoms with E-state index in [9.17, 15) is 4.79 Å². The number of aromatic nitrogens is 3. The van der Waals surface area contributed by atoms with Crippen LogP contribution in [0.1, 0.15) is 21.7 Å². The molecule has 0 atom stereocenters. The molecule has 0 N–H and O–H groups in total. The highest BCUT2D eigenvalue weighted by Gasteiger charge is 2.16. The van der Waals surface area contributed by atoms with Crippen LogP contribution in [0, 0.1) is 6.92 Å². The molecule has 0 fully saturated rings. The minimum atomic E-state index is -0.109. The van der Waals surface area contributed by atoms with Gasteiger partial charge < -0.3 is 14.0 Å². The molecule has 0 saturated heterocycles. The second-order valence-electron chi connectivity index (χ2n) is 6.24. The van der Waals surface area contributed by atoms with Crippen LogP contribution in [0.15, 0.2) is 41.6 Å². The minimum Gasteiger partial charge on any atom is -0.493 e. The third-order valence-corrected chi connectivity index (χ3v) is 5.73. The molecule has 1 heterocycles. The van der Waals surface area contributed by atoms with Crippen molar-refractivity contribution in [1.29, 1.82) is 0 Å². The number of Topliss-reactive ketones (excluding diaryl/α,β-unsaturated/α-hetero) is 1. The second-order valence-corrected chi connectivity index (χ2v) is 8.02. The molecular formula is C20H19Cl2N3O3S. The highest BCUT2D eigenvalue weighted by molar-refractivity contribution is 7.99. The summed E-state index contributed by atoms with van der Waals surface area (Å²) in [6.45, 7) is 2.21. The average Bonchev–Trinajstić information content (AvgIpc) is 3.04. The van der Waals surface area contributed by atoms with Gasteiger partial charge in [0.15, 0.2) is 28.3 Å². The number of nitrogens with zero attached hydrogens (tertiary/aromatic N) is 3. The molecule has 0 radical (unpaired) electrons. The summed E-state index contributed by atoms with van der Waals surface area (Å²) in [5.74, 6) is 1.99. The number of hydrogen-bond acceptors (Lipinski definition) is 6. The molecular weight excluding hydrogens is 433 g/mol. The fourth-order valence-electron chi connectivity index (χ4n) is 2.56. The van der Waals surface area contributed by atoms with Crippen LogP contribution in [0.25, 0.3) is 0 Å². The van der Waals surface area contributed by atoms with Gasteiger partial charge in [-0.1, -0.05) is 41.0 Å². The van der Waals surface area contributed by atoms with Crippen molar-refractivity contribution >= 4 is 40.7 Å². The van der Waals surface area contributed by atoms with Crippen LogP contribution in [-0.2, 0) is 13.7 Å². The predicted molar refractivity (Wildman–Crippen MR) is 115 cm³/mol. The monoisotopic (exact) mass is 451 g/mol. The molecule has 0 spiro atoms. The number of hydrogen-bond donors (Lipinski definition) is 0. The number of methoxy groups -OCH3 is 1. The maximum atomic E-state index is 12.4. The molecule has 9 heteroatoms. The summed E-state index contributed by atoms with van der Waals surface area (Å²) in [5, 5.41) is 9.73. The predicted octanol–water partition coefficient (Wildman–Crippen LogP) is 4.99. The van der Waals surface area contributed by atoms with E-state index in [1.807, 2.05) is 32.2 Å². The molecule has 3 rings (SSSR count). The van der Waals surface area contributed by atoms with Gasteiger partial charge in [0, 0.05) is 17.6 Å².